The number of nitrogens with zero attached hydrogens (tertiary/aromatic N) is 3. The number of rotatable bonds is 2. The first kappa shape index (κ1) is 13.3. The summed E-state index contributed by atoms with van der Waals surface area (Å²) in [7, 11) is 1.83. The molecule has 5 heteroatoms. The van der Waals surface area contributed by atoms with Crippen LogP contribution in [0.15, 0.2) is 0 Å². The van der Waals surface area contributed by atoms with Gasteiger partial charge in [-0.05, 0) is 39.0 Å². The first-order chi connectivity index (χ1) is 9.70. The van der Waals surface area contributed by atoms with Crippen LogP contribution >= 0.6 is 0 Å². The molecule has 0 radical (unpaired) electrons. The third kappa shape index (κ3) is 2.25. The average molecular weight is 274 g/mol. The molecule has 0 saturated carbocycles. The van der Waals surface area contributed by atoms with Gasteiger partial charge in [0.25, 0.3) is 0 Å². The average Bonchev–Trinajstić information content (AvgIpc) is 2.47. The second-order valence-corrected chi connectivity index (χ2v) is 5.76. The van der Waals surface area contributed by atoms with E-state index in [9.17, 15) is 4.79 Å². The summed E-state index contributed by atoms with van der Waals surface area (Å²) in [5.41, 5.74) is 1.64. The van der Waals surface area contributed by atoms with Crippen molar-refractivity contribution in [2.75, 3.05) is 23.8 Å². The number of aromatic nitrogens is 2. The number of aryl methyl sites for hydroxylation is 1. The van der Waals surface area contributed by atoms with E-state index in [0.29, 0.717) is 23.8 Å². The van der Waals surface area contributed by atoms with Crippen LogP contribution in [-0.4, -0.2) is 35.4 Å². The minimum absolute atomic E-state index is 0.175. The number of anilines is 2. The van der Waals surface area contributed by atoms with E-state index in [4.69, 9.17) is 4.98 Å². The van der Waals surface area contributed by atoms with E-state index in [1.54, 1.807) is 0 Å². The third-order valence-corrected chi connectivity index (χ3v) is 4.37. The largest absolute Gasteiger partial charge is 0.372 e. The molecule has 1 aliphatic heterocycles. The molecule has 0 amide bonds. The summed E-state index contributed by atoms with van der Waals surface area (Å²) >= 11 is 0. The maximum atomic E-state index is 12.1. The fourth-order valence-corrected chi connectivity index (χ4v) is 3.21. The lowest BCUT2D eigenvalue weighted by Gasteiger charge is -2.34. The van der Waals surface area contributed by atoms with Crippen LogP contribution in [-0.2, 0) is 6.42 Å². The van der Waals surface area contributed by atoms with Crippen molar-refractivity contribution in [1.82, 2.24) is 9.97 Å². The number of piperidine rings is 1. The van der Waals surface area contributed by atoms with E-state index in [1.807, 2.05) is 7.05 Å². The Labute approximate surface area is 119 Å². The molecule has 1 aliphatic carbocycles. The molecule has 5 nitrogen and oxygen atoms in total. The van der Waals surface area contributed by atoms with Gasteiger partial charge >= 0.3 is 0 Å². The van der Waals surface area contributed by atoms with Gasteiger partial charge in [0.2, 0.25) is 5.95 Å². The molecule has 2 aliphatic rings. The zero-order valence-electron chi connectivity index (χ0n) is 12.3. The Balaban J connectivity index is 2.02. The highest BCUT2D eigenvalue weighted by Crippen LogP contribution is 2.29. The Hall–Kier alpha value is -1.65. The molecule has 108 valence electrons. The molecule has 2 heterocycles. The van der Waals surface area contributed by atoms with E-state index in [1.165, 1.54) is 19.3 Å². The smallest absolute Gasteiger partial charge is 0.227 e. The number of hydrogen-bond donors (Lipinski definition) is 1. The lowest BCUT2D eigenvalue weighted by molar-refractivity contribution is 0.0972. The standard InChI is InChI=1S/C15H22N4O/c1-10-6-3-4-9-19(10)15-17-11-7-5-8-12(20)13(11)14(16-2)18-15/h10H,3-9H2,1-2H3,(H,16,17,18)/t10-/m0/s1. The summed E-state index contributed by atoms with van der Waals surface area (Å²) < 4.78 is 0. The number of ketones is 1. The lowest BCUT2D eigenvalue weighted by atomic mass is 9.95. The lowest BCUT2D eigenvalue weighted by Crippen LogP contribution is -2.39. The van der Waals surface area contributed by atoms with Crippen molar-refractivity contribution in [3.63, 3.8) is 0 Å². The zero-order chi connectivity index (χ0) is 14.1. The highest BCUT2D eigenvalue weighted by molar-refractivity contribution is 6.02. The van der Waals surface area contributed by atoms with Crippen molar-refractivity contribution in [1.29, 1.82) is 0 Å². The Morgan fingerprint density at radius 3 is 2.80 bits per heavy atom. The number of carbonyl (C=O) groups is 1. The summed E-state index contributed by atoms with van der Waals surface area (Å²) in [4.78, 5) is 23.7. The van der Waals surface area contributed by atoms with Crippen LogP contribution in [0.2, 0.25) is 0 Å². The van der Waals surface area contributed by atoms with Crippen molar-refractivity contribution in [3.05, 3.63) is 11.3 Å². The second-order valence-electron chi connectivity index (χ2n) is 5.76. The molecular weight excluding hydrogens is 252 g/mol. The monoisotopic (exact) mass is 274 g/mol. The molecule has 20 heavy (non-hydrogen) atoms. The van der Waals surface area contributed by atoms with Crippen molar-refractivity contribution >= 4 is 17.5 Å². The Morgan fingerprint density at radius 1 is 1.20 bits per heavy atom. The van der Waals surface area contributed by atoms with Crippen molar-refractivity contribution in [2.45, 2.75) is 51.5 Å². The van der Waals surface area contributed by atoms with Gasteiger partial charge in [0, 0.05) is 26.1 Å². The maximum absolute atomic E-state index is 12.1. The highest BCUT2D eigenvalue weighted by Gasteiger charge is 2.27. The van der Waals surface area contributed by atoms with E-state index in [-0.39, 0.29) is 5.78 Å². The van der Waals surface area contributed by atoms with Gasteiger partial charge in [-0.1, -0.05) is 0 Å². The second kappa shape index (κ2) is 5.38. The zero-order valence-corrected chi connectivity index (χ0v) is 12.3. The van der Waals surface area contributed by atoms with Crippen LogP contribution in [0.5, 0.6) is 0 Å². The fraction of sp³-hybridized carbons (Fsp3) is 0.667. The first-order valence-electron chi connectivity index (χ1n) is 7.59. The quantitative estimate of drug-likeness (QED) is 0.897. The van der Waals surface area contributed by atoms with Crippen molar-refractivity contribution < 1.29 is 4.79 Å². The van der Waals surface area contributed by atoms with Gasteiger partial charge < -0.3 is 10.2 Å². The Morgan fingerprint density at radius 2 is 2.05 bits per heavy atom. The third-order valence-electron chi connectivity index (χ3n) is 4.37. The Kier molecular flexibility index (Phi) is 3.59. The summed E-state index contributed by atoms with van der Waals surface area (Å²) in [6.07, 6.45) is 6.06. The van der Waals surface area contributed by atoms with E-state index in [2.05, 4.69) is 22.1 Å². The van der Waals surface area contributed by atoms with Gasteiger partial charge in [0.15, 0.2) is 5.78 Å². The van der Waals surface area contributed by atoms with Gasteiger partial charge in [-0.3, -0.25) is 4.79 Å². The molecular formula is C15H22N4O. The molecule has 1 saturated heterocycles. The minimum Gasteiger partial charge on any atom is -0.372 e. The van der Waals surface area contributed by atoms with Crippen molar-refractivity contribution in [3.8, 4) is 0 Å². The number of nitrogens with one attached hydrogen (secondary N) is 1. The van der Waals surface area contributed by atoms with Gasteiger partial charge in [-0.25, -0.2) is 4.98 Å². The normalized spacial score (nSPS) is 22.6. The van der Waals surface area contributed by atoms with Gasteiger partial charge in [-0.2, -0.15) is 4.98 Å². The topological polar surface area (TPSA) is 58.1 Å². The first-order valence-corrected chi connectivity index (χ1v) is 7.59. The van der Waals surface area contributed by atoms with E-state index >= 15 is 0 Å². The SMILES string of the molecule is CNc1nc(N2CCCC[C@@H]2C)nc2c1C(=O)CCC2. The maximum Gasteiger partial charge on any atom is 0.227 e. The number of hydrogen-bond acceptors (Lipinski definition) is 5. The van der Waals surface area contributed by atoms with Crippen LogP contribution in [0.1, 0.15) is 55.1 Å². The molecule has 0 unspecified atom stereocenters. The van der Waals surface area contributed by atoms with Crippen LogP contribution in [0, 0.1) is 0 Å². The van der Waals surface area contributed by atoms with Crippen LogP contribution in [0.4, 0.5) is 11.8 Å². The summed E-state index contributed by atoms with van der Waals surface area (Å²) in [6, 6.07) is 0.478. The fourth-order valence-electron chi connectivity index (χ4n) is 3.21. The van der Waals surface area contributed by atoms with Crippen LogP contribution in [0.3, 0.4) is 0 Å². The van der Waals surface area contributed by atoms with Crippen molar-refractivity contribution in [2.24, 2.45) is 0 Å². The molecule has 1 aromatic rings. The number of carbonyl (C=O) groups excluding carboxylic acids is 1. The van der Waals surface area contributed by atoms with Crippen LogP contribution < -0.4 is 10.2 Å². The van der Waals surface area contributed by atoms with Gasteiger partial charge in [-0.15, -0.1) is 0 Å². The summed E-state index contributed by atoms with van der Waals surface area (Å²) in [5.74, 6) is 1.66. The molecule has 0 aromatic carbocycles. The van der Waals surface area contributed by atoms with E-state index < -0.39 is 0 Å². The van der Waals surface area contributed by atoms with Gasteiger partial charge in [0.05, 0.1) is 11.3 Å². The number of Topliss-reactive ketones (excluding diaryl/α,β-unsaturated/α-hetero) is 1. The molecule has 0 spiro atoms. The highest BCUT2D eigenvalue weighted by atomic mass is 16.1. The molecule has 1 atom stereocenters. The molecule has 1 fully saturated rings. The summed E-state index contributed by atoms with van der Waals surface area (Å²) in [6.45, 7) is 3.24. The number of fused-ring (bicyclic) bond motifs is 1. The minimum atomic E-state index is 0.175. The van der Waals surface area contributed by atoms with Crippen LogP contribution in [0.25, 0.3) is 0 Å². The molecule has 0 bridgehead atoms. The van der Waals surface area contributed by atoms with Gasteiger partial charge in [0.1, 0.15) is 5.82 Å². The molecule has 1 aromatic heterocycles. The Bertz CT molecular complexity index is 512. The van der Waals surface area contributed by atoms with E-state index in [0.717, 1.165) is 31.0 Å². The molecule has 3 rings (SSSR count). The summed E-state index contributed by atoms with van der Waals surface area (Å²) in [5, 5.41) is 3.08. The predicted octanol–water partition coefficient (Wildman–Crippen LogP) is 2.42. The predicted molar refractivity (Wildman–Crippen MR) is 79.5 cm³/mol. The molecule has 1 N–H and O–H groups in total.